The van der Waals surface area contributed by atoms with Crippen molar-refractivity contribution in [1.29, 1.82) is 0 Å². The zero-order chi connectivity index (χ0) is 15.5. The van der Waals surface area contributed by atoms with Crippen molar-refractivity contribution in [2.45, 2.75) is 44.6 Å². The van der Waals surface area contributed by atoms with Gasteiger partial charge in [-0.15, -0.1) is 6.58 Å². The van der Waals surface area contributed by atoms with E-state index in [0.29, 0.717) is 6.08 Å². The third-order valence-electron chi connectivity index (χ3n) is 2.64. The first-order valence-corrected chi connectivity index (χ1v) is 5.40. The lowest BCUT2D eigenvalue weighted by atomic mass is 9.97. The van der Waals surface area contributed by atoms with E-state index in [9.17, 15) is 31.1 Å². The molecular weight excluding hydrogens is 278 g/mol. The van der Waals surface area contributed by atoms with Crippen molar-refractivity contribution < 1.29 is 35.9 Å². The Kier molecular flexibility index (Phi) is 5.46. The monoisotopic (exact) mass is 292 g/mol. The summed E-state index contributed by atoms with van der Waals surface area (Å²) in [4.78, 5) is 11.3. The molecule has 112 valence electrons. The third kappa shape index (κ3) is 3.63. The Bertz CT molecular complexity index is 317. The van der Waals surface area contributed by atoms with E-state index in [2.05, 4.69) is 11.3 Å². The molecule has 0 heterocycles. The van der Waals surface area contributed by atoms with Crippen LogP contribution in [0.5, 0.6) is 0 Å². The first-order chi connectivity index (χ1) is 8.43. The minimum absolute atomic E-state index is 0.0682. The molecule has 0 aromatic carbocycles. The smallest absolute Gasteiger partial charge is 0.437 e. The van der Waals surface area contributed by atoms with Crippen molar-refractivity contribution in [2.75, 3.05) is 0 Å². The van der Waals surface area contributed by atoms with Crippen LogP contribution < -0.4 is 0 Å². The van der Waals surface area contributed by atoms with Gasteiger partial charge in [0.15, 0.2) is 0 Å². The van der Waals surface area contributed by atoms with Crippen LogP contribution in [-0.4, -0.2) is 23.9 Å². The first-order valence-electron chi connectivity index (χ1n) is 5.40. The van der Waals surface area contributed by atoms with E-state index in [-0.39, 0.29) is 6.42 Å². The summed E-state index contributed by atoms with van der Waals surface area (Å²) in [5, 5.41) is 0. The van der Waals surface area contributed by atoms with Crippen molar-refractivity contribution >= 4 is 5.97 Å². The molecule has 0 aromatic rings. The number of alkyl halides is 6. The fourth-order valence-corrected chi connectivity index (χ4v) is 1.19. The highest BCUT2D eigenvalue weighted by molar-refractivity contribution is 5.72. The summed E-state index contributed by atoms with van der Waals surface area (Å²) in [5.74, 6) is -2.60. The van der Waals surface area contributed by atoms with Gasteiger partial charge in [0.25, 0.3) is 0 Å². The second kappa shape index (κ2) is 5.83. The molecule has 19 heavy (non-hydrogen) atoms. The van der Waals surface area contributed by atoms with Crippen LogP contribution in [-0.2, 0) is 9.53 Å². The van der Waals surface area contributed by atoms with Gasteiger partial charge in [-0.3, -0.25) is 4.79 Å². The van der Waals surface area contributed by atoms with E-state index >= 15 is 0 Å². The van der Waals surface area contributed by atoms with Gasteiger partial charge in [0.2, 0.25) is 0 Å². The van der Waals surface area contributed by atoms with E-state index in [0.717, 1.165) is 0 Å². The van der Waals surface area contributed by atoms with Crippen molar-refractivity contribution in [2.24, 2.45) is 5.92 Å². The van der Waals surface area contributed by atoms with Crippen molar-refractivity contribution in [3.05, 3.63) is 12.7 Å². The molecule has 1 atom stereocenters. The van der Waals surface area contributed by atoms with Crippen LogP contribution in [0.15, 0.2) is 12.7 Å². The summed E-state index contributed by atoms with van der Waals surface area (Å²) in [6.45, 7) is 5.49. The molecule has 0 amide bonds. The zero-order valence-electron chi connectivity index (χ0n) is 10.4. The maximum absolute atomic E-state index is 12.7. The van der Waals surface area contributed by atoms with Gasteiger partial charge in [0.05, 0.1) is 5.92 Å². The topological polar surface area (TPSA) is 26.3 Å². The fourth-order valence-electron chi connectivity index (χ4n) is 1.19. The lowest BCUT2D eigenvalue weighted by Gasteiger charge is -2.36. The number of rotatable bonds is 5. The SMILES string of the molecule is C=CCC(OC(=O)C(C)CC)(C(F)(F)F)C(F)(F)F. The minimum Gasteiger partial charge on any atom is -0.439 e. The van der Waals surface area contributed by atoms with Crippen LogP contribution in [0.1, 0.15) is 26.7 Å². The second-order valence-corrected chi connectivity index (χ2v) is 4.05. The molecule has 0 saturated heterocycles. The molecule has 0 radical (unpaired) electrons. The van der Waals surface area contributed by atoms with Crippen LogP contribution in [0.4, 0.5) is 26.3 Å². The fraction of sp³-hybridized carbons (Fsp3) is 0.727. The molecule has 0 spiro atoms. The number of carbonyl (C=O) groups excluding carboxylic acids is 1. The van der Waals surface area contributed by atoms with Gasteiger partial charge in [-0.05, 0) is 6.42 Å². The molecule has 0 fully saturated rings. The highest BCUT2D eigenvalue weighted by Crippen LogP contribution is 2.48. The Labute approximate surface area is 106 Å². The van der Waals surface area contributed by atoms with Crippen LogP contribution in [0, 0.1) is 5.92 Å². The van der Waals surface area contributed by atoms with Crippen LogP contribution >= 0.6 is 0 Å². The maximum Gasteiger partial charge on any atom is 0.437 e. The molecule has 0 aliphatic heterocycles. The van der Waals surface area contributed by atoms with E-state index < -0.39 is 36.3 Å². The summed E-state index contributed by atoms with van der Waals surface area (Å²) in [7, 11) is 0. The standard InChI is InChI=1S/C11H14F6O2/c1-4-6-9(10(12,13)14,11(15,16)17)19-8(18)7(3)5-2/h4,7H,1,5-6H2,2-3H3. The summed E-state index contributed by atoms with van der Waals surface area (Å²) in [6, 6.07) is 0. The van der Waals surface area contributed by atoms with Crippen molar-refractivity contribution in [3.63, 3.8) is 0 Å². The normalized spacial score (nSPS) is 14.9. The van der Waals surface area contributed by atoms with E-state index in [1.807, 2.05) is 0 Å². The largest absolute Gasteiger partial charge is 0.439 e. The Hall–Kier alpha value is -1.21. The molecule has 0 aliphatic carbocycles. The minimum atomic E-state index is -5.78. The molecule has 0 aromatic heterocycles. The molecule has 0 N–H and O–H groups in total. The molecule has 0 saturated carbocycles. The number of esters is 1. The molecule has 0 aliphatic rings. The van der Waals surface area contributed by atoms with Gasteiger partial charge in [-0.1, -0.05) is 19.9 Å². The van der Waals surface area contributed by atoms with Crippen LogP contribution in [0.3, 0.4) is 0 Å². The Morgan fingerprint density at radius 3 is 1.89 bits per heavy atom. The highest BCUT2D eigenvalue weighted by Gasteiger charge is 2.73. The molecule has 0 bridgehead atoms. The van der Waals surface area contributed by atoms with Gasteiger partial charge in [-0.25, -0.2) is 0 Å². The molecular formula is C11H14F6O2. The second-order valence-electron chi connectivity index (χ2n) is 4.05. The Morgan fingerprint density at radius 1 is 1.21 bits per heavy atom. The van der Waals surface area contributed by atoms with Gasteiger partial charge in [0.1, 0.15) is 0 Å². The lowest BCUT2D eigenvalue weighted by molar-refractivity contribution is -0.369. The quantitative estimate of drug-likeness (QED) is 0.434. The highest BCUT2D eigenvalue weighted by atomic mass is 19.4. The summed E-state index contributed by atoms with van der Waals surface area (Å²) < 4.78 is 80.2. The van der Waals surface area contributed by atoms with Crippen molar-refractivity contribution in [3.8, 4) is 0 Å². The number of carbonyl (C=O) groups is 1. The molecule has 1 unspecified atom stereocenters. The maximum atomic E-state index is 12.7. The number of hydrogen-bond acceptors (Lipinski definition) is 2. The van der Waals surface area contributed by atoms with Crippen molar-refractivity contribution in [1.82, 2.24) is 0 Å². The lowest BCUT2D eigenvalue weighted by Crippen LogP contribution is -2.59. The molecule has 0 rings (SSSR count). The Morgan fingerprint density at radius 2 is 1.63 bits per heavy atom. The number of halogens is 6. The number of ether oxygens (including phenoxy) is 1. The predicted octanol–water partition coefficient (Wildman–Crippen LogP) is 4.02. The first kappa shape index (κ1) is 17.8. The van der Waals surface area contributed by atoms with Gasteiger partial charge in [0, 0.05) is 6.42 Å². The summed E-state index contributed by atoms with van der Waals surface area (Å²) in [6.07, 6.45) is -12.6. The number of hydrogen-bond donors (Lipinski definition) is 0. The van der Waals surface area contributed by atoms with E-state index in [1.54, 1.807) is 0 Å². The summed E-state index contributed by atoms with van der Waals surface area (Å²) >= 11 is 0. The van der Waals surface area contributed by atoms with E-state index in [1.165, 1.54) is 13.8 Å². The Balaban J connectivity index is 5.62. The third-order valence-corrected chi connectivity index (χ3v) is 2.64. The van der Waals surface area contributed by atoms with Crippen LogP contribution in [0.25, 0.3) is 0 Å². The average molecular weight is 292 g/mol. The van der Waals surface area contributed by atoms with Gasteiger partial charge < -0.3 is 4.74 Å². The zero-order valence-corrected chi connectivity index (χ0v) is 10.4. The van der Waals surface area contributed by atoms with Gasteiger partial charge >= 0.3 is 23.9 Å². The molecule has 8 heteroatoms. The molecule has 2 nitrogen and oxygen atoms in total. The average Bonchev–Trinajstić information content (AvgIpc) is 2.23. The summed E-state index contributed by atoms with van der Waals surface area (Å²) in [5.41, 5.74) is -4.54. The van der Waals surface area contributed by atoms with Gasteiger partial charge in [-0.2, -0.15) is 26.3 Å². The van der Waals surface area contributed by atoms with Crippen LogP contribution in [0.2, 0.25) is 0 Å². The predicted molar refractivity (Wildman–Crippen MR) is 55.2 cm³/mol. The van der Waals surface area contributed by atoms with E-state index in [4.69, 9.17) is 0 Å².